The van der Waals surface area contributed by atoms with Gasteiger partial charge in [0.1, 0.15) is 0 Å². The standard InChI is InChI=1S/C5H9NO.H3O4P/c1-4(2)5(7)6-3;1-5(2,3)4/h1H2,2-3H3,(H,6,7);(H3,1,2,3,4). The Morgan fingerprint density at radius 2 is 1.67 bits per heavy atom. The molecule has 0 spiro atoms. The average molecular weight is 197 g/mol. The molecular weight excluding hydrogens is 185 g/mol. The van der Waals surface area contributed by atoms with Crippen LogP contribution in [0.5, 0.6) is 0 Å². The molecule has 0 bridgehead atoms. The number of carbonyl (C=O) groups is 1. The van der Waals surface area contributed by atoms with Crippen molar-refractivity contribution >= 4 is 13.7 Å². The molecule has 0 saturated carbocycles. The van der Waals surface area contributed by atoms with Crippen LogP contribution in [-0.4, -0.2) is 27.6 Å². The number of likely N-dealkylation sites (N-methyl/N-ethyl adjacent to an activating group) is 1. The summed E-state index contributed by atoms with van der Waals surface area (Å²) in [6, 6.07) is 0. The summed E-state index contributed by atoms with van der Waals surface area (Å²) in [5.74, 6) is -0.0972. The van der Waals surface area contributed by atoms with Crippen molar-refractivity contribution in [2.45, 2.75) is 6.92 Å². The monoisotopic (exact) mass is 197 g/mol. The number of hydrogen-bond donors (Lipinski definition) is 4. The first-order valence-electron chi connectivity index (χ1n) is 2.84. The van der Waals surface area contributed by atoms with Crippen LogP contribution in [0.25, 0.3) is 0 Å². The number of rotatable bonds is 1. The molecule has 0 fully saturated rings. The second-order valence-corrected chi connectivity index (χ2v) is 2.90. The summed E-state index contributed by atoms with van der Waals surface area (Å²) in [5.41, 5.74) is 0.544. The molecule has 0 radical (unpaired) electrons. The number of nitrogens with one attached hydrogen (secondary N) is 1. The van der Waals surface area contributed by atoms with Gasteiger partial charge in [0.05, 0.1) is 0 Å². The molecule has 7 heteroatoms. The minimum Gasteiger partial charge on any atom is -0.355 e. The summed E-state index contributed by atoms with van der Waals surface area (Å²) < 4.78 is 8.88. The summed E-state index contributed by atoms with van der Waals surface area (Å²) in [4.78, 5) is 31.9. The lowest BCUT2D eigenvalue weighted by Crippen LogP contribution is -2.17. The van der Waals surface area contributed by atoms with E-state index in [9.17, 15) is 4.79 Å². The van der Waals surface area contributed by atoms with E-state index in [2.05, 4.69) is 11.9 Å². The van der Waals surface area contributed by atoms with E-state index in [4.69, 9.17) is 19.2 Å². The van der Waals surface area contributed by atoms with Gasteiger partial charge in [-0.2, -0.15) is 0 Å². The summed E-state index contributed by atoms with van der Waals surface area (Å²) in [5, 5.41) is 2.43. The molecule has 72 valence electrons. The van der Waals surface area contributed by atoms with Gasteiger partial charge in [-0.25, -0.2) is 4.57 Å². The van der Waals surface area contributed by atoms with Crippen LogP contribution in [0.2, 0.25) is 0 Å². The van der Waals surface area contributed by atoms with E-state index in [0.717, 1.165) is 0 Å². The van der Waals surface area contributed by atoms with Crippen LogP contribution >= 0.6 is 7.82 Å². The van der Waals surface area contributed by atoms with Crippen LogP contribution in [0.4, 0.5) is 0 Å². The molecule has 0 rings (SSSR count). The lowest BCUT2D eigenvalue weighted by atomic mass is 10.3. The number of carbonyl (C=O) groups excluding carboxylic acids is 1. The van der Waals surface area contributed by atoms with Crippen molar-refractivity contribution in [2.75, 3.05) is 7.05 Å². The molecule has 0 aliphatic heterocycles. The van der Waals surface area contributed by atoms with Gasteiger partial charge in [-0.05, 0) is 6.92 Å². The van der Waals surface area contributed by atoms with Crippen LogP contribution in [0.3, 0.4) is 0 Å². The Labute approximate surface area is 70.2 Å². The van der Waals surface area contributed by atoms with E-state index in [1.165, 1.54) is 0 Å². The number of amides is 1. The molecule has 1 amide bonds. The SMILES string of the molecule is C=C(C)C(=O)NC.O=P(O)(O)O. The largest absolute Gasteiger partial charge is 0.466 e. The molecule has 12 heavy (non-hydrogen) atoms. The summed E-state index contributed by atoms with van der Waals surface area (Å²) in [7, 11) is -3.06. The quantitative estimate of drug-likeness (QED) is 0.331. The first-order valence-corrected chi connectivity index (χ1v) is 4.41. The highest BCUT2D eigenvalue weighted by Gasteiger charge is 2.00. The van der Waals surface area contributed by atoms with Crippen LogP contribution < -0.4 is 5.32 Å². The molecule has 0 aromatic carbocycles. The Hall–Kier alpha value is -0.680. The van der Waals surface area contributed by atoms with Gasteiger partial charge in [0.25, 0.3) is 0 Å². The second kappa shape index (κ2) is 5.91. The van der Waals surface area contributed by atoms with Crippen molar-refractivity contribution in [3.05, 3.63) is 12.2 Å². The minimum absolute atomic E-state index is 0.0972. The molecule has 4 N–H and O–H groups in total. The number of phosphoric acid groups is 1. The van der Waals surface area contributed by atoms with Crippen LogP contribution in [0, 0.1) is 0 Å². The van der Waals surface area contributed by atoms with Crippen molar-refractivity contribution in [2.24, 2.45) is 0 Å². The predicted molar refractivity (Wildman–Crippen MR) is 43.1 cm³/mol. The fourth-order valence-electron chi connectivity index (χ4n) is 0.213. The van der Waals surface area contributed by atoms with Gasteiger partial charge in [-0.15, -0.1) is 0 Å². The Morgan fingerprint density at radius 1 is 1.42 bits per heavy atom. The lowest BCUT2D eigenvalue weighted by molar-refractivity contribution is -0.116. The Morgan fingerprint density at radius 3 is 1.67 bits per heavy atom. The molecule has 0 aliphatic rings. The van der Waals surface area contributed by atoms with E-state index in [0.29, 0.717) is 5.57 Å². The predicted octanol–water partition coefficient (Wildman–Crippen LogP) is -0.620. The van der Waals surface area contributed by atoms with E-state index in [1.807, 2.05) is 0 Å². The van der Waals surface area contributed by atoms with Gasteiger partial charge >= 0.3 is 7.82 Å². The molecule has 6 nitrogen and oxygen atoms in total. The van der Waals surface area contributed by atoms with E-state index in [1.54, 1.807) is 14.0 Å². The Kier molecular flexibility index (Phi) is 6.83. The minimum atomic E-state index is -4.64. The summed E-state index contributed by atoms with van der Waals surface area (Å²) >= 11 is 0. The smallest absolute Gasteiger partial charge is 0.355 e. The zero-order chi connectivity index (χ0) is 10.4. The maximum atomic E-state index is 10.3. The molecule has 0 aromatic rings. The molecule has 0 unspecified atom stereocenters. The topological polar surface area (TPSA) is 107 Å². The molecule has 0 aliphatic carbocycles. The first kappa shape index (κ1) is 13.9. The van der Waals surface area contributed by atoms with Crippen LogP contribution in [0.15, 0.2) is 12.2 Å². The highest BCUT2D eigenvalue weighted by molar-refractivity contribution is 7.45. The third-order valence-electron chi connectivity index (χ3n) is 0.615. The second-order valence-electron chi connectivity index (χ2n) is 1.87. The van der Waals surface area contributed by atoms with E-state index in [-0.39, 0.29) is 5.91 Å². The molecule has 0 saturated heterocycles. The highest BCUT2D eigenvalue weighted by Crippen LogP contribution is 2.25. The van der Waals surface area contributed by atoms with E-state index < -0.39 is 7.82 Å². The highest BCUT2D eigenvalue weighted by atomic mass is 31.2. The first-order chi connectivity index (χ1) is 5.18. The van der Waals surface area contributed by atoms with Gasteiger partial charge in [0.2, 0.25) is 5.91 Å². The third-order valence-corrected chi connectivity index (χ3v) is 0.615. The van der Waals surface area contributed by atoms with Crippen LogP contribution in [-0.2, 0) is 9.36 Å². The van der Waals surface area contributed by atoms with Crippen molar-refractivity contribution in [3.63, 3.8) is 0 Å². The van der Waals surface area contributed by atoms with Crippen molar-refractivity contribution < 1.29 is 24.0 Å². The zero-order valence-corrected chi connectivity index (χ0v) is 7.71. The molecular formula is C5H12NO5P. The van der Waals surface area contributed by atoms with Crippen molar-refractivity contribution in [1.29, 1.82) is 0 Å². The van der Waals surface area contributed by atoms with Crippen molar-refractivity contribution in [3.8, 4) is 0 Å². The van der Waals surface area contributed by atoms with Gasteiger partial charge in [-0.3, -0.25) is 4.79 Å². The lowest BCUT2D eigenvalue weighted by Gasteiger charge is -1.91. The van der Waals surface area contributed by atoms with Gasteiger partial charge < -0.3 is 20.0 Å². The maximum Gasteiger partial charge on any atom is 0.466 e. The summed E-state index contributed by atoms with van der Waals surface area (Å²) in [6.45, 7) is 5.08. The molecule has 0 aromatic heterocycles. The van der Waals surface area contributed by atoms with Gasteiger partial charge in [0, 0.05) is 12.6 Å². The normalized spacial score (nSPS) is 9.42. The van der Waals surface area contributed by atoms with Crippen LogP contribution in [0.1, 0.15) is 6.92 Å². The third kappa shape index (κ3) is 22.8. The van der Waals surface area contributed by atoms with Gasteiger partial charge in [0.15, 0.2) is 0 Å². The Balaban J connectivity index is 0. The average Bonchev–Trinajstić information content (AvgIpc) is 1.82. The van der Waals surface area contributed by atoms with E-state index >= 15 is 0 Å². The molecule has 0 heterocycles. The fraction of sp³-hybridized carbons (Fsp3) is 0.400. The number of hydrogen-bond acceptors (Lipinski definition) is 2. The molecule has 0 atom stereocenters. The maximum absolute atomic E-state index is 10.3. The zero-order valence-electron chi connectivity index (χ0n) is 6.81. The van der Waals surface area contributed by atoms with Crippen molar-refractivity contribution in [1.82, 2.24) is 5.32 Å². The summed E-state index contributed by atoms with van der Waals surface area (Å²) in [6.07, 6.45) is 0. The Bertz CT molecular complexity index is 200. The fourth-order valence-corrected chi connectivity index (χ4v) is 0.213. The van der Waals surface area contributed by atoms with Gasteiger partial charge in [-0.1, -0.05) is 6.58 Å².